The number of hydrogen-bond donors (Lipinski definition) is 2. The van der Waals surface area contributed by atoms with Gasteiger partial charge in [-0.3, -0.25) is 14.9 Å². The molecule has 4 atom stereocenters. The Morgan fingerprint density at radius 3 is 2.53 bits per heavy atom. The lowest BCUT2D eigenvalue weighted by atomic mass is 10.0. The van der Waals surface area contributed by atoms with Crippen molar-refractivity contribution in [2.24, 2.45) is 0 Å². The Morgan fingerprint density at radius 2 is 1.94 bits per heavy atom. The standard InChI is InChI=1S/C24H36N2O6/c1-4-31-24(30)21(14-13-19-10-6-5-7-11-19)25-17(2)22(27)26(18(3)23(28)29)16-20-12-8-9-15-32-20/h5-7,10-11,17-18,20-21,25H,4,8-9,12-16H2,1-3H3,(H,28,29)/t17-,18-,20?,21?/m0/s1. The van der Waals surface area contributed by atoms with Crippen LogP contribution in [0.5, 0.6) is 0 Å². The maximum Gasteiger partial charge on any atom is 0.326 e. The van der Waals surface area contributed by atoms with E-state index in [0.717, 1.165) is 24.8 Å². The van der Waals surface area contributed by atoms with Gasteiger partial charge in [0.05, 0.1) is 18.8 Å². The molecule has 1 amide bonds. The molecular weight excluding hydrogens is 412 g/mol. The number of rotatable bonds is 12. The van der Waals surface area contributed by atoms with E-state index in [1.165, 1.54) is 11.8 Å². The lowest BCUT2D eigenvalue weighted by molar-refractivity contribution is -0.153. The first kappa shape index (κ1) is 25.8. The van der Waals surface area contributed by atoms with Crippen molar-refractivity contribution in [1.82, 2.24) is 10.2 Å². The molecule has 178 valence electrons. The van der Waals surface area contributed by atoms with Gasteiger partial charge in [-0.2, -0.15) is 0 Å². The number of aliphatic carboxylic acids is 1. The van der Waals surface area contributed by atoms with Gasteiger partial charge in [0.2, 0.25) is 5.91 Å². The largest absolute Gasteiger partial charge is 0.480 e. The molecule has 32 heavy (non-hydrogen) atoms. The summed E-state index contributed by atoms with van der Waals surface area (Å²) >= 11 is 0. The fourth-order valence-electron chi connectivity index (χ4n) is 3.83. The number of carbonyl (C=O) groups excluding carboxylic acids is 2. The lowest BCUT2D eigenvalue weighted by Gasteiger charge is -2.34. The summed E-state index contributed by atoms with van der Waals surface area (Å²) in [6.07, 6.45) is 3.68. The van der Waals surface area contributed by atoms with Crippen LogP contribution in [-0.4, -0.2) is 71.8 Å². The summed E-state index contributed by atoms with van der Waals surface area (Å²) in [6.45, 7) is 5.96. The van der Waals surface area contributed by atoms with Crippen molar-refractivity contribution < 1.29 is 29.0 Å². The highest BCUT2D eigenvalue weighted by atomic mass is 16.5. The van der Waals surface area contributed by atoms with Gasteiger partial charge in [-0.25, -0.2) is 4.79 Å². The molecule has 0 aliphatic carbocycles. The fourth-order valence-corrected chi connectivity index (χ4v) is 3.83. The van der Waals surface area contributed by atoms with E-state index in [-0.39, 0.29) is 25.2 Å². The van der Waals surface area contributed by atoms with Gasteiger partial charge < -0.3 is 19.5 Å². The normalized spacial score (nSPS) is 18.9. The molecule has 1 aliphatic heterocycles. The molecule has 1 fully saturated rings. The van der Waals surface area contributed by atoms with E-state index in [1.807, 2.05) is 30.3 Å². The molecule has 0 spiro atoms. The summed E-state index contributed by atoms with van der Waals surface area (Å²) in [7, 11) is 0. The quantitative estimate of drug-likeness (QED) is 0.473. The number of nitrogens with one attached hydrogen (secondary N) is 1. The molecule has 1 saturated heterocycles. The topological polar surface area (TPSA) is 105 Å². The first-order valence-corrected chi connectivity index (χ1v) is 11.4. The number of aryl methyl sites for hydroxylation is 1. The van der Waals surface area contributed by atoms with Crippen LogP contribution in [0.15, 0.2) is 30.3 Å². The van der Waals surface area contributed by atoms with Crippen molar-refractivity contribution in [1.29, 1.82) is 0 Å². The molecule has 0 aromatic heterocycles. The predicted molar refractivity (Wildman–Crippen MR) is 120 cm³/mol. The third-order valence-electron chi connectivity index (χ3n) is 5.74. The molecular formula is C24H36N2O6. The second-order valence-electron chi connectivity index (χ2n) is 8.21. The van der Waals surface area contributed by atoms with Crippen molar-refractivity contribution in [2.45, 2.75) is 77.1 Å². The zero-order chi connectivity index (χ0) is 23.5. The third-order valence-corrected chi connectivity index (χ3v) is 5.74. The summed E-state index contributed by atoms with van der Waals surface area (Å²) in [5.74, 6) is -1.87. The van der Waals surface area contributed by atoms with Gasteiger partial charge in [0.15, 0.2) is 0 Å². The van der Waals surface area contributed by atoms with Gasteiger partial charge in [-0.1, -0.05) is 30.3 Å². The Balaban J connectivity index is 2.08. The second kappa shape index (κ2) is 13.2. The summed E-state index contributed by atoms with van der Waals surface area (Å²) in [4.78, 5) is 38.8. The Labute approximate surface area is 190 Å². The number of benzene rings is 1. The molecule has 2 unspecified atom stereocenters. The predicted octanol–water partition coefficient (Wildman–Crippen LogP) is 2.40. The van der Waals surface area contributed by atoms with Crippen LogP contribution in [0.2, 0.25) is 0 Å². The highest BCUT2D eigenvalue weighted by Crippen LogP contribution is 2.17. The van der Waals surface area contributed by atoms with E-state index in [4.69, 9.17) is 9.47 Å². The molecule has 2 N–H and O–H groups in total. The lowest BCUT2D eigenvalue weighted by Crippen LogP contribution is -2.56. The van der Waals surface area contributed by atoms with Crippen molar-refractivity contribution in [2.75, 3.05) is 19.8 Å². The van der Waals surface area contributed by atoms with Crippen LogP contribution in [0.4, 0.5) is 0 Å². The third kappa shape index (κ3) is 7.91. The molecule has 1 aromatic rings. The minimum Gasteiger partial charge on any atom is -0.480 e. The van der Waals surface area contributed by atoms with Gasteiger partial charge in [-0.05, 0) is 58.4 Å². The molecule has 1 aliphatic rings. The van der Waals surface area contributed by atoms with Crippen molar-refractivity contribution >= 4 is 17.8 Å². The molecule has 2 rings (SSSR count). The van der Waals surface area contributed by atoms with Crippen LogP contribution in [0.1, 0.15) is 52.0 Å². The first-order chi connectivity index (χ1) is 15.3. The molecule has 8 nitrogen and oxygen atoms in total. The molecule has 1 aromatic carbocycles. The van der Waals surface area contributed by atoms with E-state index in [1.54, 1.807) is 13.8 Å². The molecule has 0 radical (unpaired) electrons. The van der Waals surface area contributed by atoms with E-state index >= 15 is 0 Å². The molecule has 0 saturated carbocycles. The highest BCUT2D eigenvalue weighted by Gasteiger charge is 2.33. The summed E-state index contributed by atoms with van der Waals surface area (Å²) < 4.78 is 10.9. The number of nitrogens with zero attached hydrogens (tertiary/aromatic N) is 1. The fraction of sp³-hybridized carbons (Fsp3) is 0.625. The van der Waals surface area contributed by atoms with Gasteiger partial charge >= 0.3 is 11.9 Å². The van der Waals surface area contributed by atoms with Crippen molar-refractivity contribution in [3.05, 3.63) is 35.9 Å². The first-order valence-electron chi connectivity index (χ1n) is 11.4. The van der Waals surface area contributed by atoms with E-state index in [9.17, 15) is 19.5 Å². The maximum atomic E-state index is 13.2. The number of esters is 1. The van der Waals surface area contributed by atoms with Crippen LogP contribution < -0.4 is 5.32 Å². The van der Waals surface area contributed by atoms with Crippen LogP contribution in [-0.2, 0) is 30.3 Å². The van der Waals surface area contributed by atoms with Crippen molar-refractivity contribution in [3.63, 3.8) is 0 Å². The van der Waals surface area contributed by atoms with Crippen LogP contribution >= 0.6 is 0 Å². The van der Waals surface area contributed by atoms with Gasteiger partial charge in [-0.15, -0.1) is 0 Å². The van der Waals surface area contributed by atoms with E-state index < -0.39 is 30.1 Å². The smallest absolute Gasteiger partial charge is 0.326 e. The number of hydrogen-bond acceptors (Lipinski definition) is 6. The molecule has 0 bridgehead atoms. The maximum absolute atomic E-state index is 13.2. The second-order valence-corrected chi connectivity index (χ2v) is 8.21. The zero-order valence-electron chi connectivity index (χ0n) is 19.3. The number of carboxylic acids is 1. The Morgan fingerprint density at radius 1 is 1.22 bits per heavy atom. The Bertz CT molecular complexity index is 735. The summed E-state index contributed by atoms with van der Waals surface area (Å²) in [6, 6.07) is 7.34. The zero-order valence-corrected chi connectivity index (χ0v) is 19.3. The number of ether oxygens (including phenoxy) is 2. The minimum absolute atomic E-state index is 0.180. The number of carbonyl (C=O) groups is 3. The highest BCUT2D eigenvalue weighted by molar-refractivity contribution is 5.87. The minimum atomic E-state index is -1.08. The van der Waals surface area contributed by atoms with Gasteiger partial charge in [0, 0.05) is 13.2 Å². The van der Waals surface area contributed by atoms with Crippen LogP contribution in [0.25, 0.3) is 0 Å². The Kier molecular flexibility index (Phi) is 10.6. The average molecular weight is 449 g/mol. The SMILES string of the molecule is CCOC(=O)C(CCc1ccccc1)N[C@@H](C)C(=O)N(CC1CCCCO1)[C@@H](C)C(=O)O. The van der Waals surface area contributed by atoms with Crippen LogP contribution in [0.3, 0.4) is 0 Å². The number of carboxylic acid groups (broad SMARTS) is 1. The van der Waals surface area contributed by atoms with Gasteiger partial charge in [0.25, 0.3) is 0 Å². The van der Waals surface area contributed by atoms with E-state index in [2.05, 4.69) is 5.32 Å². The van der Waals surface area contributed by atoms with Gasteiger partial charge in [0.1, 0.15) is 12.1 Å². The molecule has 1 heterocycles. The van der Waals surface area contributed by atoms with Crippen molar-refractivity contribution in [3.8, 4) is 0 Å². The molecule has 8 heteroatoms. The van der Waals surface area contributed by atoms with Crippen LogP contribution in [0, 0.1) is 0 Å². The van der Waals surface area contributed by atoms with E-state index in [0.29, 0.717) is 19.4 Å². The Hall–Kier alpha value is -2.45. The monoisotopic (exact) mass is 448 g/mol. The summed E-state index contributed by atoms with van der Waals surface area (Å²) in [5, 5.41) is 12.6. The average Bonchev–Trinajstić information content (AvgIpc) is 2.80. The number of amides is 1. The summed E-state index contributed by atoms with van der Waals surface area (Å²) in [5.41, 5.74) is 1.08.